The normalized spacial score (nSPS) is 11.1. The number of sulfone groups is 1. The number of hydrogen-bond acceptors (Lipinski definition) is 4. The zero-order chi connectivity index (χ0) is 18.8. The summed E-state index contributed by atoms with van der Waals surface area (Å²) >= 11 is 0. The van der Waals surface area contributed by atoms with E-state index in [0.717, 1.165) is 6.26 Å². The molecule has 0 aliphatic rings. The van der Waals surface area contributed by atoms with Crippen LogP contribution in [-0.2, 0) is 16.3 Å². The molecule has 1 amide bonds. The van der Waals surface area contributed by atoms with Crippen molar-refractivity contribution in [3.63, 3.8) is 0 Å². The molecule has 0 aliphatic heterocycles. The molecule has 132 valence electrons. The summed E-state index contributed by atoms with van der Waals surface area (Å²) in [6.45, 7) is 1.73. The first kappa shape index (κ1) is 18.4. The van der Waals surface area contributed by atoms with E-state index in [1.54, 1.807) is 6.92 Å². The highest BCUT2D eigenvalue weighted by Gasteiger charge is 2.24. The van der Waals surface area contributed by atoms with E-state index in [-0.39, 0.29) is 22.3 Å². The van der Waals surface area contributed by atoms with E-state index in [1.165, 1.54) is 41.2 Å². The van der Waals surface area contributed by atoms with Crippen LogP contribution in [0.5, 0.6) is 0 Å². The summed E-state index contributed by atoms with van der Waals surface area (Å²) in [5.41, 5.74) is 11.0. The molecular weight excluding hydrogens is 344 g/mol. The van der Waals surface area contributed by atoms with Crippen molar-refractivity contribution in [2.24, 2.45) is 16.5 Å². The molecule has 0 radical (unpaired) electrons. The van der Waals surface area contributed by atoms with Gasteiger partial charge < -0.3 is 16.0 Å². The maximum absolute atomic E-state index is 12.4. The van der Waals surface area contributed by atoms with E-state index in [2.05, 4.69) is 4.99 Å². The molecule has 9 heteroatoms. The fourth-order valence-corrected chi connectivity index (χ4v) is 3.79. The van der Waals surface area contributed by atoms with Crippen molar-refractivity contribution in [1.82, 2.24) is 4.57 Å². The largest absolute Gasteiger partial charge is 0.370 e. The van der Waals surface area contributed by atoms with E-state index < -0.39 is 21.7 Å². The van der Waals surface area contributed by atoms with Crippen LogP contribution in [0.4, 0.5) is 0 Å². The standard InChI is InChI=1S/C16H18N4O4S/c1-3-11-12(15(22)19-16(17)18)4-5-13(14(11)25(2,23)24)20-8-6-10(21)7-9-20/h4-9H,3H2,1-2H3,(H4,17,18,19,22). The fraction of sp³-hybridized carbons (Fsp3) is 0.188. The van der Waals surface area contributed by atoms with Crippen molar-refractivity contribution in [1.29, 1.82) is 0 Å². The van der Waals surface area contributed by atoms with Gasteiger partial charge in [-0.05, 0) is 24.1 Å². The van der Waals surface area contributed by atoms with Crippen LogP contribution in [0.3, 0.4) is 0 Å². The predicted octanol–water partition coefficient (Wildman–Crippen LogP) is 0.217. The first-order valence-electron chi connectivity index (χ1n) is 7.33. The quantitative estimate of drug-likeness (QED) is 0.589. The molecule has 0 fully saturated rings. The summed E-state index contributed by atoms with van der Waals surface area (Å²) in [6, 6.07) is 5.58. The number of aromatic nitrogens is 1. The predicted molar refractivity (Wildman–Crippen MR) is 94.7 cm³/mol. The van der Waals surface area contributed by atoms with Crippen molar-refractivity contribution in [3.8, 4) is 5.69 Å². The molecule has 2 rings (SSSR count). The molecule has 0 bridgehead atoms. The third-order valence-corrected chi connectivity index (χ3v) is 4.70. The summed E-state index contributed by atoms with van der Waals surface area (Å²) in [7, 11) is -3.68. The Balaban J connectivity index is 2.84. The number of nitrogens with zero attached hydrogens (tertiary/aromatic N) is 2. The molecule has 0 atom stereocenters. The highest BCUT2D eigenvalue weighted by atomic mass is 32.2. The number of amides is 1. The number of hydrogen-bond donors (Lipinski definition) is 2. The third kappa shape index (κ3) is 3.94. The van der Waals surface area contributed by atoms with Crippen LogP contribution in [0.1, 0.15) is 22.8 Å². The first-order valence-corrected chi connectivity index (χ1v) is 9.23. The summed E-state index contributed by atoms with van der Waals surface area (Å²) < 4.78 is 26.3. The van der Waals surface area contributed by atoms with Crippen LogP contribution in [0.2, 0.25) is 0 Å². The maximum Gasteiger partial charge on any atom is 0.280 e. The Labute approximate surface area is 144 Å². The van der Waals surface area contributed by atoms with Crippen molar-refractivity contribution in [3.05, 3.63) is 58.0 Å². The van der Waals surface area contributed by atoms with Gasteiger partial charge in [-0.2, -0.15) is 4.99 Å². The number of rotatable bonds is 4. The zero-order valence-electron chi connectivity index (χ0n) is 13.8. The molecule has 1 heterocycles. The lowest BCUT2D eigenvalue weighted by atomic mass is 10.0. The van der Waals surface area contributed by atoms with Crippen molar-refractivity contribution in [2.75, 3.05) is 6.26 Å². The lowest BCUT2D eigenvalue weighted by Crippen LogP contribution is -2.24. The Morgan fingerprint density at radius 2 is 1.76 bits per heavy atom. The second kappa shape index (κ2) is 6.89. The number of pyridine rings is 1. The average molecular weight is 362 g/mol. The van der Waals surface area contributed by atoms with Crippen molar-refractivity contribution < 1.29 is 13.2 Å². The van der Waals surface area contributed by atoms with Crippen LogP contribution >= 0.6 is 0 Å². The third-order valence-electron chi connectivity index (χ3n) is 3.50. The highest BCUT2D eigenvalue weighted by Crippen LogP contribution is 2.28. The molecule has 1 aromatic heterocycles. The second-order valence-corrected chi connectivity index (χ2v) is 7.30. The lowest BCUT2D eigenvalue weighted by molar-refractivity contribution is 0.100. The smallest absolute Gasteiger partial charge is 0.280 e. The van der Waals surface area contributed by atoms with E-state index >= 15 is 0 Å². The Kier molecular flexibility index (Phi) is 5.07. The Morgan fingerprint density at radius 1 is 1.16 bits per heavy atom. The number of aliphatic imine (C=N–C) groups is 1. The second-order valence-electron chi connectivity index (χ2n) is 5.35. The van der Waals surface area contributed by atoms with Crippen LogP contribution in [0, 0.1) is 0 Å². The Morgan fingerprint density at radius 3 is 2.24 bits per heavy atom. The summed E-state index contributed by atoms with van der Waals surface area (Å²) in [4.78, 5) is 27.0. The summed E-state index contributed by atoms with van der Waals surface area (Å²) in [5.74, 6) is -1.12. The van der Waals surface area contributed by atoms with Gasteiger partial charge in [-0.1, -0.05) is 6.92 Å². The number of guanidine groups is 1. The molecule has 0 saturated heterocycles. The molecular formula is C16H18N4O4S. The van der Waals surface area contributed by atoms with Crippen LogP contribution < -0.4 is 16.9 Å². The van der Waals surface area contributed by atoms with Gasteiger partial charge in [-0.15, -0.1) is 0 Å². The molecule has 1 aromatic carbocycles. The van der Waals surface area contributed by atoms with Gasteiger partial charge in [0.1, 0.15) is 0 Å². The van der Waals surface area contributed by atoms with Gasteiger partial charge >= 0.3 is 0 Å². The summed E-state index contributed by atoms with van der Waals surface area (Å²) in [6.07, 6.45) is 4.26. The van der Waals surface area contributed by atoms with E-state index in [9.17, 15) is 18.0 Å². The Bertz CT molecular complexity index is 998. The van der Waals surface area contributed by atoms with Gasteiger partial charge in [-0.25, -0.2) is 8.42 Å². The average Bonchev–Trinajstić information content (AvgIpc) is 2.52. The minimum absolute atomic E-state index is 0.00436. The molecule has 25 heavy (non-hydrogen) atoms. The molecule has 8 nitrogen and oxygen atoms in total. The van der Waals surface area contributed by atoms with Crippen molar-refractivity contribution in [2.45, 2.75) is 18.2 Å². The number of benzene rings is 1. The van der Waals surface area contributed by atoms with Gasteiger partial charge in [0.25, 0.3) is 5.91 Å². The van der Waals surface area contributed by atoms with Gasteiger partial charge in [0.2, 0.25) is 0 Å². The highest BCUT2D eigenvalue weighted by molar-refractivity contribution is 7.90. The topological polar surface area (TPSA) is 138 Å². The lowest BCUT2D eigenvalue weighted by Gasteiger charge is -2.17. The maximum atomic E-state index is 12.4. The van der Waals surface area contributed by atoms with Crippen LogP contribution in [0.15, 0.2) is 51.3 Å². The molecule has 0 saturated carbocycles. The zero-order valence-corrected chi connectivity index (χ0v) is 14.6. The number of carbonyl (C=O) groups excluding carboxylic acids is 1. The van der Waals surface area contributed by atoms with Crippen LogP contribution in [-0.4, -0.2) is 31.1 Å². The molecule has 2 aromatic rings. The molecule has 0 spiro atoms. The summed E-state index contributed by atoms with van der Waals surface area (Å²) in [5, 5.41) is 0. The number of nitrogens with two attached hydrogens (primary N) is 2. The van der Waals surface area contributed by atoms with Gasteiger partial charge in [0, 0.05) is 36.3 Å². The van der Waals surface area contributed by atoms with Gasteiger partial charge in [0.05, 0.1) is 10.6 Å². The fourth-order valence-electron chi connectivity index (χ4n) is 2.53. The monoisotopic (exact) mass is 362 g/mol. The molecule has 0 aliphatic carbocycles. The van der Waals surface area contributed by atoms with Gasteiger partial charge in [-0.3, -0.25) is 9.59 Å². The molecule has 4 N–H and O–H groups in total. The Hall–Kier alpha value is -2.94. The minimum atomic E-state index is -3.68. The van der Waals surface area contributed by atoms with Crippen molar-refractivity contribution >= 4 is 21.7 Å². The molecule has 0 unspecified atom stereocenters. The van der Waals surface area contributed by atoms with E-state index in [1.807, 2.05) is 0 Å². The van der Waals surface area contributed by atoms with Gasteiger partial charge in [0.15, 0.2) is 21.2 Å². The first-order chi connectivity index (χ1) is 11.6. The van der Waals surface area contributed by atoms with E-state index in [0.29, 0.717) is 11.3 Å². The van der Waals surface area contributed by atoms with Crippen LogP contribution in [0.25, 0.3) is 5.69 Å². The number of carbonyl (C=O) groups is 1. The van der Waals surface area contributed by atoms with E-state index in [4.69, 9.17) is 11.5 Å². The minimum Gasteiger partial charge on any atom is -0.370 e. The SMILES string of the molecule is CCc1c(C(=O)N=C(N)N)ccc(-n2ccc(=O)cc2)c1S(C)(=O)=O.